The van der Waals surface area contributed by atoms with E-state index in [0.717, 1.165) is 10.5 Å². The van der Waals surface area contributed by atoms with Gasteiger partial charge in [0.25, 0.3) is 10.0 Å². The van der Waals surface area contributed by atoms with E-state index in [0.29, 0.717) is 5.69 Å². The molecule has 29 heavy (non-hydrogen) atoms. The van der Waals surface area contributed by atoms with Gasteiger partial charge in [0.15, 0.2) is 0 Å². The maximum atomic E-state index is 12.8. The molecular weight excluding hydrogens is 390 g/mol. The van der Waals surface area contributed by atoms with Crippen molar-refractivity contribution in [3.05, 3.63) is 84.6 Å². The minimum absolute atomic E-state index is 0.00519. The van der Waals surface area contributed by atoms with E-state index in [9.17, 15) is 18.0 Å². The summed E-state index contributed by atoms with van der Waals surface area (Å²) in [6.45, 7) is 0. The number of carbonyl (C=O) groups excluding carboxylic acids is 2. The molecule has 1 unspecified atom stereocenters. The summed E-state index contributed by atoms with van der Waals surface area (Å²) in [6, 6.07) is 19.6. The zero-order valence-corrected chi connectivity index (χ0v) is 16.0. The molecule has 1 saturated heterocycles. The highest BCUT2D eigenvalue weighted by molar-refractivity contribution is 7.92. The first-order valence-corrected chi connectivity index (χ1v) is 10.4. The van der Waals surface area contributed by atoms with Gasteiger partial charge in [0.2, 0.25) is 11.8 Å². The summed E-state index contributed by atoms with van der Waals surface area (Å²) < 4.78 is 27.4. The molecule has 1 N–H and O–H groups in total. The van der Waals surface area contributed by atoms with Gasteiger partial charge in [-0.05, 0) is 42.0 Å². The zero-order valence-electron chi connectivity index (χ0n) is 15.2. The summed E-state index contributed by atoms with van der Waals surface area (Å²) >= 11 is 0. The molecule has 2 amide bonds. The molecule has 1 aliphatic heterocycles. The Labute approximate surface area is 168 Å². The highest BCUT2D eigenvalue weighted by Crippen LogP contribution is 2.33. The average molecular weight is 407 g/mol. The van der Waals surface area contributed by atoms with Crippen LogP contribution in [-0.2, 0) is 19.6 Å². The number of sulfonamides is 1. The van der Waals surface area contributed by atoms with E-state index >= 15 is 0 Å². The van der Waals surface area contributed by atoms with E-state index < -0.39 is 15.9 Å². The van der Waals surface area contributed by atoms with Gasteiger partial charge < -0.3 is 0 Å². The molecule has 1 atom stereocenters. The Balaban J connectivity index is 1.56. The zero-order chi connectivity index (χ0) is 20.4. The first-order valence-electron chi connectivity index (χ1n) is 8.91. The van der Waals surface area contributed by atoms with Crippen molar-refractivity contribution in [1.82, 2.24) is 4.98 Å². The molecular formula is C21H17N3O4S. The van der Waals surface area contributed by atoms with Gasteiger partial charge in [0, 0.05) is 12.6 Å². The average Bonchev–Trinajstić information content (AvgIpc) is 3.03. The highest BCUT2D eigenvalue weighted by Gasteiger charge is 2.40. The lowest BCUT2D eigenvalue weighted by atomic mass is 9.98. The predicted molar refractivity (Wildman–Crippen MR) is 108 cm³/mol. The van der Waals surface area contributed by atoms with E-state index in [4.69, 9.17) is 0 Å². The van der Waals surface area contributed by atoms with Crippen molar-refractivity contribution in [3.8, 4) is 0 Å². The molecule has 146 valence electrons. The molecule has 0 spiro atoms. The van der Waals surface area contributed by atoms with Gasteiger partial charge in [0.05, 0.1) is 16.5 Å². The summed E-state index contributed by atoms with van der Waals surface area (Å²) in [5.41, 5.74) is 1.13. The number of anilines is 2. The molecule has 1 aliphatic rings. The molecule has 1 aromatic heterocycles. The monoisotopic (exact) mass is 407 g/mol. The van der Waals surface area contributed by atoms with Gasteiger partial charge >= 0.3 is 0 Å². The molecule has 0 aliphatic carbocycles. The van der Waals surface area contributed by atoms with E-state index in [2.05, 4.69) is 9.71 Å². The minimum atomic E-state index is -3.84. The molecule has 1 fully saturated rings. The van der Waals surface area contributed by atoms with Crippen LogP contribution in [0, 0.1) is 0 Å². The van der Waals surface area contributed by atoms with Crippen LogP contribution in [0.5, 0.6) is 0 Å². The first kappa shape index (κ1) is 18.8. The summed E-state index contributed by atoms with van der Waals surface area (Å²) in [7, 11) is -3.84. The topological polar surface area (TPSA) is 96.4 Å². The fourth-order valence-corrected chi connectivity index (χ4v) is 4.25. The molecule has 0 bridgehead atoms. The van der Waals surface area contributed by atoms with Crippen molar-refractivity contribution in [1.29, 1.82) is 0 Å². The minimum Gasteiger partial charge on any atom is -0.274 e. The second-order valence-electron chi connectivity index (χ2n) is 6.55. The van der Waals surface area contributed by atoms with E-state index in [1.54, 1.807) is 12.1 Å². The number of pyridine rings is 1. The van der Waals surface area contributed by atoms with Crippen LogP contribution in [0.25, 0.3) is 0 Å². The number of imide groups is 1. The number of amides is 2. The second-order valence-corrected chi connectivity index (χ2v) is 8.23. The van der Waals surface area contributed by atoms with Gasteiger partial charge in [-0.25, -0.2) is 13.4 Å². The van der Waals surface area contributed by atoms with Gasteiger partial charge in [-0.2, -0.15) is 0 Å². The van der Waals surface area contributed by atoms with Crippen molar-refractivity contribution in [2.45, 2.75) is 17.2 Å². The van der Waals surface area contributed by atoms with Crippen molar-refractivity contribution in [2.24, 2.45) is 0 Å². The van der Waals surface area contributed by atoms with Gasteiger partial charge in [-0.1, -0.05) is 36.4 Å². The number of hydrogen-bond donors (Lipinski definition) is 1. The quantitative estimate of drug-likeness (QED) is 0.656. The van der Waals surface area contributed by atoms with E-state index in [1.165, 1.54) is 36.5 Å². The van der Waals surface area contributed by atoms with Crippen molar-refractivity contribution >= 4 is 33.3 Å². The van der Waals surface area contributed by atoms with Crippen LogP contribution in [-0.4, -0.2) is 25.2 Å². The Bertz CT molecular complexity index is 1150. The summed E-state index contributed by atoms with van der Waals surface area (Å²) in [4.78, 5) is 30.3. The molecule has 3 aromatic rings. The lowest BCUT2D eigenvalue weighted by Crippen LogP contribution is -2.30. The van der Waals surface area contributed by atoms with Crippen LogP contribution in [0.1, 0.15) is 17.9 Å². The number of nitrogens with one attached hydrogen (secondary N) is 1. The fourth-order valence-electron chi connectivity index (χ4n) is 3.24. The normalized spacial score (nSPS) is 16.8. The maximum Gasteiger partial charge on any atom is 0.263 e. The Morgan fingerprint density at radius 1 is 0.897 bits per heavy atom. The van der Waals surface area contributed by atoms with E-state index in [1.807, 2.05) is 30.3 Å². The van der Waals surface area contributed by atoms with Crippen LogP contribution in [0.15, 0.2) is 83.9 Å². The summed E-state index contributed by atoms with van der Waals surface area (Å²) in [5, 5.41) is 0. The smallest absolute Gasteiger partial charge is 0.263 e. The standard InChI is InChI=1S/C21H17N3O4S/c25-20-14-18(15-6-2-1-3-7-15)21(26)24(20)16-9-11-17(12-10-16)29(27,28)23-19-8-4-5-13-22-19/h1-13,18H,14H2,(H,22,23). The van der Waals surface area contributed by atoms with E-state index in [-0.39, 0.29) is 28.9 Å². The van der Waals surface area contributed by atoms with Crippen LogP contribution >= 0.6 is 0 Å². The lowest BCUT2D eigenvalue weighted by Gasteiger charge is -2.16. The number of benzene rings is 2. The van der Waals surface area contributed by atoms with Crippen LogP contribution < -0.4 is 9.62 Å². The molecule has 0 radical (unpaired) electrons. The van der Waals surface area contributed by atoms with Crippen LogP contribution in [0.4, 0.5) is 11.5 Å². The molecule has 2 heterocycles. The lowest BCUT2D eigenvalue weighted by molar-refractivity contribution is -0.121. The third-order valence-electron chi connectivity index (χ3n) is 4.66. The maximum absolute atomic E-state index is 12.8. The van der Waals surface area contributed by atoms with Crippen LogP contribution in [0.3, 0.4) is 0 Å². The number of carbonyl (C=O) groups is 2. The molecule has 7 nitrogen and oxygen atoms in total. The third kappa shape index (κ3) is 3.74. The largest absolute Gasteiger partial charge is 0.274 e. The van der Waals surface area contributed by atoms with Gasteiger partial charge in [-0.3, -0.25) is 19.2 Å². The molecule has 8 heteroatoms. The first-order chi connectivity index (χ1) is 14.0. The Kier molecular flexibility index (Phi) is 4.85. The Morgan fingerprint density at radius 2 is 1.59 bits per heavy atom. The van der Waals surface area contributed by atoms with Gasteiger partial charge in [-0.15, -0.1) is 0 Å². The fraction of sp³-hybridized carbons (Fsp3) is 0.0952. The van der Waals surface area contributed by atoms with Crippen molar-refractivity contribution in [3.63, 3.8) is 0 Å². The molecule has 0 saturated carbocycles. The number of aromatic nitrogens is 1. The molecule has 4 rings (SSSR count). The van der Waals surface area contributed by atoms with Gasteiger partial charge in [0.1, 0.15) is 5.82 Å². The summed E-state index contributed by atoms with van der Waals surface area (Å²) in [6.07, 6.45) is 1.57. The van der Waals surface area contributed by atoms with Crippen molar-refractivity contribution in [2.75, 3.05) is 9.62 Å². The Morgan fingerprint density at radius 3 is 2.24 bits per heavy atom. The second kappa shape index (κ2) is 7.48. The third-order valence-corrected chi connectivity index (χ3v) is 6.03. The number of rotatable bonds is 5. The number of hydrogen-bond acceptors (Lipinski definition) is 5. The highest BCUT2D eigenvalue weighted by atomic mass is 32.2. The SMILES string of the molecule is O=C1CC(c2ccccc2)C(=O)N1c1ccc(S(=O)(=O)Nc2ccccn2)cc1. The predicted octanol–water partition coefficient (Wildman–Crippen LogP) is 2.93. The summed E-state index contributed by atoms with van der Waals surface area (Å²) in [5.74, 6) is -0.959. The number of nitrogens with zero attached hydrogens (tertiary/aromatic N) is 2. The molecule has 2 aromatic carbocycles. The van der Waals surface area contributed by atoms with Crippen LogP contribution in [0.2, 0.25) is 0 Å². The Hall–Kier alpha value is -3.52. The van der Waals surface area contributed by atoms with Crippen molar-refractivity contribution < 1.29 is 18.0 Å².